The fourth-order valence-electron chi connectivity index (χ4n) is 3.92. The van der Waals surface area contributed by atoms with E-state index in [9.17, 15) is 13.2 Å². The smallest absolute Gasteiger partial charge is 0.242 e. The molecule has 0 saturated heterocycles. The first kappa shape index (κ1) is 26.3. The monoisotopic (exact) mass is 529 g/mol. The molecule has 0 radical (unpaired) electrons. The van der Waals surface area contributed by atoms with Gasteiger partial charge in [-0.25, -0.2) is 13.1 Å². The van der Waals surface area contributed by atoms with Crippen LogP contribution in [0.3, 0.4) is 0 Å². The van der Waals surface area contributed by atoms with Crippen molar-refractivity contribution in [3.63, 3.8) is 0 Å². The van der Waals surface area contributed by atoms with E-state index in [2.05, 4.69) is 10.8 Å². The number of hydrogen-bond donors (Lipinski definition) is 1. The van der Waals surface area contributed by atoms with Gasteiger partial charge in [0.25, 0.3) is 0 Å². The van der Waals surface area contributed by atoms with Crippen molar-refractivity contribution in [3.05, 3.63) is 106 Å². The van der Waals surface area contributed by atoms with Crippen LogP contribution in [0.4, 0.5) is 5.69 Å². The Morgan fingerprint density at radius 3 is 2.38 bits per heavy atom. The van der Waals surface area contributed by atoms with Gasteiger partial charge in [-0.1, -0.05) is 55.5 Å². The van der Waals surface area contributed by atoms with Gasteiger partial charge in [-0.15, -0.1) is 0 Å². The second-order valence-corrected chi connectivity index (χ2v) is 11.1. The molecule has 1 N–H and O–H groups in total. The SMILES string of the molecule is CCCNS(=O)(=O)c1ccc(-c2ccccc2)cc1N(Cc1ccc(C#N)cc1)C(=O)Cc1ccsc1. The first-order chi connectivity index (χ1) is 17.9. The summed E-state index contributed by atoms with van der Waals surface area (Å²) in [6, 6.07) is 25.7. The highest BCUT2D eigenvalue weighted by Crippen LogP contribution is 2.33. The summed E-state index contributed by atoms with van der Waals surface area (Å²) in [6.07, 6.45) is 0.778. The number of sulfonamides is 1. The third kappa shape index (κ3) is 6.52. The number of carbonyl (C=O) groups excluding carboxylic acids is 1. The molecule has 0 aliphatic carbocycles. The third-order valence-corrected chi connectivity index (χ3v) is 8.09. The predicted molar refractivity (Wildman–Crippen MR) is 148 cm³/mol. The molecule has 4 rings (SSSR count). The first-order valence-corrected chi connectivity index (χ1v) is 14.3. The molecule has 0 spiro atoms. The summed E-state index contributed by atoms with van der Waals surface area (Å²) in [7, 11) is -3.88. The van der Waals surface area contributed by atoms with Crippen LogP contribution in [-0.4, -0.2) is 20.9 Å². The van der Waals surface area contributed by atoms with Crippen molar-refractivity contribution >= 4 is 33.0 Å². The average molecular weight is 530 g/mol. The number of amides is 1. The maximum atomic E-state index is 13.7. The van der Waals surface area contributed by atoms with Gasteiger partial charge in [0.15, 0.2) is 0 Å². The average Bonchev–Trinajstić information content (AvgIpc) is 3.44. The fraction of sp³-hybridized carbons (Fsp3) is 0.172. The van der Waals surface area contributed by atoms with E-state index in [0.717, 1.165) is 22.3 Å². The molecular weight excluding hydrogens is 502 g/mol. The van der Waals surface area contributed by atoms with Crippen LogP contribution in [-0.2, 0) is 27.8 Å². The predicted octanol–water partition coefficient (Wildman–Crippen LogP) is 5.75. The lowest BCUT2D eigenvalue weighted by Gasteiger charge is -2.26. The molecule has 0 saturated carbocycles. The summed E-state index contributed by atoms with van der Waals surface area (Å²) in [5.41, 5.74) is 4.20. The zero-order chi connectivity index (χ0) is 26.3. The van der Waals surface area contributed by atoms with E-state index in [1.807, 2.05) is 54.1 Å². The standard InChI is InChI=1S/C29H27N3O3S2/c1-2-15-31-37(34,35)28-13-12-26(25-6-4-3-5-7-25)18-27(28)32(29(33)17-24-14-16-36-21-24)20-23-10-8-22(19-30)9-11-23/h3-14,16,18,21,31H,2,15,17,20H2,1H3. The van der Waals surface area contributed by atoms with Gasteiger partial charge in [0.05, 0.1) is 30.3 Å². The number of nitrogens with one attached hydrogen (secondary N) is 1. The largest absolute Gasteiger partial charge is 0.306 e. The van der Waals surface area contributed by atoms with Crippen molar-refractivity contribution in [3.8, 4) is 17.2 Å². The van der Waals surface area contributed by atoms with Gasteiger partial charge in [-0.05, 0) is 69.8 Å². The number of anilines is 1. The molecule has 0 atom stereocenters. The highest BCUT2D eigenvalue weighted by Gasteiger charge is 2.26. The summed E-state index contributed by atoms with van der Waals surface area (Å²) in [5.74, 6) is -0.222. The normalized spacial score (nSPS) is 11.1. The number of hydrogen-bond acceptors (Lipinski definition) is 5. The summed E-state index contributed by atoms with van der Waals surface area (Å²) in [4.78, 5) is 15.3. The van der Waals surface area contributed by atoms with Gasteiger partial charge in [-0.3, -0.25) is 4.79 Å². The highest BCUT2D eigenvalue weighted by atomic mass is 32.2. The van der Waals surface area contributed by atoms with Crippen LogP contribution in [0, 0.1) is 11.3 Å². The Morgan fingerprint density at radius 2 is 1.73 bits per heavy atom. The lowest BCUT2D eigenvalue weighted by atomic mass is 10.0. The van der Waals surface area contributed by atoms with Gasteiger partial charge in [-0.2, -0.15) is 16.6 Å². The topological polar surface area (TPSA) is 90.3 Å². The maximum absolute atomic E-state index is 13.7. The minimum absolute atomic E-state index is 0.0490. The number of benzene rings is 3. The van der Waals surface area contributed by atoms with E-state index in [0.29, 0.717) is 24.2 Å². The molecule has 8 heteroatoms. The molecule has 0 aliphatic heterocycles. The minimum atomic E-state index is -3.88. The number of rotatable bonds is 10. The van der Waals surface area contributed by atoms with Gasteiger partial charge in [0.1, 0.15) is 4.90 Å². The zero-order valence-corrected chi connectivity index (χ0v) is 22.1. The molecule has 1 aromatic heterocycles. The van der Waals surface area contributed by atoms with E-state index >= 15 is 0 Å². The number of nitriles is 1. The third-order valence-electron chi connectivity index (χ3n) is 5.85. The molecule has 3 aromatic carbocycles. The van der Waals surface area contributed by atoms with Gasteiger partial charge >= 0.3 is 0 Å². The van der Waals surface area contributed by atoms with Gasteiger partial charge < -0.3 is 4.90 Å². The summed E-state index contributed by atoms with van der Waals surface area (Å²) >= 11 is 1.51. The highest BCUT2D eigenvalue weighted by molar-refractivity contribution is 7.89. The molecule has 0 bridgehead atoms. The Kier molecular flexibility index (Phi) is 8.51. The number of nitrogens with zero attached hydrogens (tertiary/aromatic N) is 2. The van der Waals surface area contributed by atoms with Crippen molar-refractivity contribution in [1.82, 2.24) is 4.72 Å². The zero-order valence-electron chi connectivity index (χ0n) is 20.4. The molecule has 188 valence electrons. The number of thiophene rings is 1. The van der Waals surface area contributed by atoms with Crippen LogP contribution in [0.25, 0.3) is 11.1 Å². The Morgan fingerprint density at radius 1 is 0.973 bits per heavy atom. The van der Waals surface area contributed by atoms with Crippen LogP contribution in [0.15, 0.2) is 94.5 Å². The van der Waals surface area contributed by atoms with Crippen LogP contribution >= 0.6 is 11.3 Å². The lowest BCUT2D eigenvalue weighted by Crippen LogP contribution is -2.34. The second kappa shape index (κ2) is 12.0. The summed E-state index contributed by atoms with van der Waals surface area (Å²) < 4.78 is 29.4. The molecule has 0 unspecified atom stereocenters. The van der Waals surface area contributed by atoms with Crippen molar-refractivity contribution in [2.24, 2.45) is 0 Å². The molecule has 0 fully saturated rings. The molecule has 37 heavy (non-hydrogen) atoms. The van der Waals surface area contributed by atoms with E-state index in [1.165, 1.54) is 16.2 Å². The molecular formula is C29H27N3O3S2. The number of carbonyl (C=O) groups is 1. The Bertz CT molecular complexity index is 1490. The van der Waals surface area contributed by atoms with Crippen LogP contribution in [0.5, 0.6) is 0 Å². The second-order valence-electron chi connectivity index (χ2n) is 8.54. The van der Waals surface area contributed by atoms with Crippen molar-refractivity contribution in [1.29, 1.82) is 5.26 Å². The molecule has 1 amide bonds. The van der Waals surface area contributed by atoms with E-state index in [1.54, 1.807) is 42.5 Å². The summed E-state index contributed by atoms with van der Waals surface area (Å²) in [6.45, 7) is 2.34. The van der Waals surface area contributed by atoms with Crippen LogP contribution < -0.4 is 9.62 Å². The van der Waals surface area contributed by atoms with Crippen LogP contribution in [0.1, 0.15) is 30.0 Å². The Hall–Kier alpha value is -3.77. The van der Waals surface area contributed by atoms with Crippen LogP contribution in [0.2, 0.25) is 0 Å². The van der Waals surface area contributed by atoms with E-state index < -0.39 is 10.0 Å². The quantitative estimate of drug-likeness (QED) is 0.283. The van der Waals surface area contributed by atoms with E-state index in [4.69, 9.17) is 5.26 Å². The Labute approximate surface area is 221 Å². The first-order valence-electron chi connectivity index (χ1n) is 11.9. The molecule has 1 heterocycles. The minimum Gasteiger partial charge on any atom is -0.306 e. The molecule has 6 nitrogen and oxygen atoms in total. The van der Waals surface area contributed by atoms with Crippen molar-refractivity contribution < 1.29 is 13.2 Å². The lowest BCUT2D eigenvalue weighted by molar-refractivity contribution is -0.118. The summed E-state index contributed by atoms with van der Waals surface area (Å²) in [5, 5.41) is 13.0. The molecule has 0 aliphatic rings. The van der Waals surface area contributed by atoms with Gasteiger partial charge in [0, 0.05) is 6.54 Å². The van der Waals surface area contributed by atoms with Crippen molar-refractivity contribution in [2.75, 3.05) is 11.4 Å². The van der Waals surface area contributed by atoms with Crippen molar-refractivity contribution in [2.45, 2.75) is 31.2 Å². The van der Waals surface area contributed by atoms with E-state index in [-0.39, 0.29) is 23.8 Å². The maximum Gasteiger partial charge on any atom is 0.242 e. The van der Waals surface area contributed by atoms with Gasteiger partial charge in [0.2, 0.25) is 15.9 Å². The molecule has 4 aromatic rings. The fourth-order valence-corrected chi connectivity index (χ4v) is 5.91. The Balaban J connectivity index is 1.85.